The third-order valence-corrected chi connectivity index (χ3v) is 5.96. The number of hydrogen-bond acceptors (Lipinski definition) is 1. The molecule has 4 rings (SSSR count). The number of carbonyl (C=O) groups is 1. The summed E-state index contributed by atoms with van der Waals surface area (Å²) in [6.45, 7) is 2.03. The third kappa shape index (κ3) is 3.23. The first-order chi connectivity index (χ1) is 11.2. The minimum atomic E-state index is -0.0442. The molecule has 1 aromatic rings. The van der Waals surface area contributed by atoms with Crippen LogP contribution in [0.3, 0.4) is 0 Å². The van der Waals surface area contributed by atoms with Crippen LogP contribution in [-0.4, -0.2) is 30.2 Å². The van der Waals surface area contributed by atoms with Crippen LogP contribution in [0.2, 0.25) is 0 Å². The van der Waals surface area contributed by atoms with Gasteiger partial charge in [-0.05, 0) is 37.8 Å². The van der Waals surface area contributed by atoms with Crippen LogP contribution in [0.1, 0.15) is 50.5 Å². The molecule has 3 fully saturated rings. The van der Waals surface area contributed by atoms with Crippen LogP contribution in [0.15, 0.2) is 24.3 Å². The van der Waals surface area contributed by atoms with Gasteiger partial charge >= 0.3 is 6.03 Å². The molecule has 2 bridgehead atoms. The smallest absolute Gasteiger partial charge is 0.319 e. The summed E-state index contributed by atoms with van der Waals surface area (Å²) in [5.41, 5.74) is 2.01. The molecule has 1 saturated carbocycles. The van der Waals surface area contributed by atoms with E-state index in [4.69, 9.17) is 0 Å². The van der Waals surface area contributed by atoms with Gasteiger partial charge in [-0.1, -0.05) is 18.2 Å². The first-order valence-electron chi connectivity index (χ1n) is 9.20. The van der Waals surface area contributed by atoms with Crippen molar-refractivity contribution >= 4 is 11.7 Å². The molecule has 0 spiro atoms. The second kappa shape index (κ2) is 6.16. The SMILES string of the molecule is Cc1ccccc1NC(=O)NC1C[C@H]2CCC[C@@H](C1)[NH+]2C1CC1. The van der Waals surface area contributed by atoms with Crippen LogP contribution in [0, 0.1) is 6.92 Å². The maximum atomic E-state index is 12.4. The Bertz CT molecular complexity index is 570. The van der Waals surface area contributed by atoms with Gasteiger partial charge in [0.05, 0.1) is 18.1 Å². The molecule has 124 valence electrons. The van der Waals surface area contributed by atoms with E-state index < -0.39 is 0 Å². The van der Waals surface area contributed by atoms with Crippen molar-refractivity contribution in [2.45, 2.75) is 76.0 Å². The van der Waals surface area contributed by atoms with Crippen molar-refractivity contribution < 1.29 is 9.69 Å². The van der Waals surface area contributed by atoms with Crippen molar-refractivity contribution in [3.05, 3.63) is 29.8 Å². The summed E-state index contributed by atoms with van der Waals surface area (Å²) in [7, 11) is 0. The summed E-state index contributed by atoms with van der Waals surface area (Å²) in [5, 5.41) is 6.25. The molecule has 4 atom stereocenters. The summed E-state index contributed by atoms with van der Waals surface area (Å²) in [4.78, 5) is 14.2. The fourth-order valence-corrected chi connectivity index (χ4v) is 4.83. The average molecular weight is 314 g/mol. The van der Waals surface area contributed by atoms with Crippen molar-refractivity contribution in [3.8, 4) is 0 Å². The molecule has 1 aliphatic carbocycles. The molecule has 2 saturated heterocycles. The van der Waals surface area contributed by atoms with E-state index in [2.05, 4.69) is 10.6 Å². The molecule has 2 unspecified atom stereocenters. The number of anilines is 1. The van der Waals surface area contributed by atoms with Gasteiger partial charge in [0.1, 0.15) is 0 Å². The van der Waals surface area contributed by atoms with Crippen LogP contribution < -0.4 is 15.5 Å². The average Bonchev–Trinajstić information content (AvgIpc) is 3.33. The fourth-order valence-electron chi connectivity index (χ4n) is 4.83. The summed E-state index contributed by atoms with van der Waals surface area (Å²) < 4.78 is 0. The Morgan fingerprint density at radius 3 is 2.39 bits per heavy atom. The number of quaternary nitrogens is 1. The van der Waals surface area contributed by atoms with Crippen LogP contribution in [0.5, 0.6) is 0 Å². The molecule has 3 aliphatic rings. The van der Waals surface area contributed by atoms with E-state index >= 15 is 0 Å². The molecule has 2 aliphatic heterocycles. The highest BCUT2D eigenvalue weighted by atomic mass is 16.2. The van der Waals surface area contributed by atoms with Crippen molar-refractivity contribution in [1.29, 1.82) is 0 Å². The highest BCUT2D eigenvalue weighted by Crippen LogP contribution is 2.27. The summed E-state index contributed by atoms with van der Waals surface area (Å²) in [5.74, 6) is 0. The monoisotopic (exact) mass is 314 g/mol. The van der Waals surface area contributed by atoms with Gasteiger partial charge in [-0.3, -0.25) is 0 Å². The van der Waals surface area contributed by atoms with Crippen LogP contribution >= 0.6 is 0 Å². The fraction of sp³-hybridized carbons (Fsp3) is 0.632. The van der Waals surface area contributed by atoms with Gasteiger partial charge in [-0.2, -0.15) is 0 Å². The number of rotatable bonds is 3. The summed E-state index contributed by atoms with van der Waals surface area (Å²) in [6, 6.07) is 10.7. The zero-order chi connectivity index (χ0) is 15.8. The third-order valence-electron chi connectivity index (χ3n) is 5.96. The Balaban J connectivity index is 1.36. The first-order valence-corrected chi connectivity index (χ1v) is 9.20. The molecule has 0 aromatic heterocycles. The molecule has 2 amide bonds. The lowest BCUT2D eigenvalue weighted by Crippen LogP contribution is -3.22. The molecule has 4 heteroatoms. The van der Waals surface area contributed by atoms with Crippen molar-refractivity contribution in [2.75, 3.05) is 5.32 Å². The normalized spacial score (nSPS) is 33.1. The van der Waals surface area contributed by atoms with E-state index in [-0.39, 0.29) is 6.03 Å². The van der Waals surface area contributed by atoms with E-state index in [0.29, 0.717) is 6.04 Å². The number of fused-ring (bicyclic) bond motifs is 2. The molecular formula is C19H28N3O+. The lowest BCUT2D eigenvalue weighted by molar-refractivity contribution is -0.971. The van der Waals surface area contributed by atoms with Crippen molar-refractivity contribution in [2.24, 2.45) is 0 Å². The minimum Gasteiger partial charge on any atom is -0.335 e. The predicted molar refractivity (Wildman–Crippen MR) is 91.8 cm³/mol. The Morgan fingerprint density at radius 1 is 1.04 bits per heavy atom. The molecule has 0 radical (unpaired) electrons. The molecule has 4 nitrogen and oxygen atoms in total. The number of hydrogen-bond donors (Lipinski definition) is 3. The number of amides is 2. The van der Waals surface area contributed by atoms with E-state index in [9.17, 15) is 4.79 Å². The number of nitrogens with one attached hydrogen (secondary N) is 3. The van der Waals surface area contributed by atoms with Crippen LogP contribution in [-0.2, 0) is 0 Å². The second-order valence-corrected chi connectivity index (χ2v) is 7.68. The van der Waals surface area contributed by atoms with Gasteiger partial charge in [-0.15, -0.1) is 0 Å². The van der Waals surface area contributed by atoms with Gasteiger partial charge in [0.25, 0.3) is 0 Å². The highest BCUT2D eigenvalue weighted by Gasteiger charge is 2.48. The van der Waals surface area contributed by atoms with Crippen molar-refractivity contribution in [3.63, 3.8) is 0 Å². The zero-order valence-corrected chi connectivity index (χ0v) is 14.0. The summed E-state index contributed by atoms with van der Waals surface area (Å²) in [6.07, 6.45) is 9.24. The van der Waals surface area contributed by atoms with Gasteiger partial charge in [0.15, 0.2) is 0 Å². The Kier molecular flexibility index (Phi) is 4.02. The van der Waals surface area contributed by atoms with E-state index in [1.54, 1.807) is 0 Å². The second-order valence-electron chi connectivity index (χ2n) is 7.68. The molecule has 23 heavy (non-hydrogen) atoms. The van der Waals surface area contributed by atoms with Crippen LogP contribution in [0.25, 0.3) is 0 Å². The van der Waals surface area contributed by atoms with Crippen molar-refractivity contribution in [1.82, 2.24) is 5.32 Å². The van der Waals surface area contributed by atoms with Gasteiger partial charge in [0.2, 0.25) is 0 Å². The van der Waals surface area contributed by atoms with E-state index in [1.807, 2.05) is 36.1 Å². The Labute approximate surface area is 138 Å². The maximum Gasteiger partial charge on any atom is 0.319 e. The molecule has 2 heterocycles. The number of carbonyl (C=O) groups excluding carboxylic acids is 1. The van der Waals surface area contributed by atoms with E-state index in [0.717, 1.165) is 42.2 Å². The minimum absolute atomic E-state index is 0.0442. The number of urea groups is 1. The summed E-state index contributed by atoms with van der Waals surface area (Å²) >= 11 is 0. The highest BCUT2D eigenvalue weighted by molar-refractivity contribution is 5.90. The standard InChI is InChI=1S/C19H27N3O/c1-13-5-2-3-8-18(13)21-19(23)20-14-11-16-6-4-7-17(12-14)22(16)15-9-10-15/h2-3,5,8,14-17H,4,6-7,9-12H2,1H3,(H2,20,21,23)/p+1/t14?,16-,17+. The van der Waals surface area contributed by atoms with Gasteiger partial charge in [0, 0.05) is 37.4 Å². The van der Waals surface area contributed by atoms with E-state index in [1.165, 1.54) is 32.1 Å². The van der Waals surface area contributed by atoms with Crippen LogP contribution in [0.4, 0.5) is 10.5 Å². The maximum absolute atomic E-state index is 12.4. The Morgan fingerprint density at radius 2 is 1.74 bits per heavy atom. The van der Waals surface area contributed by atoms with Gasteiger partial charge in [-0.25, -0.2) is 4.79 Å². The number of aryl methyl sites for hydroxylation is 1. The lowest BCUT2D eigenvalue weighted by Gasteiger charge is -2.46. The Hall–Kier alpha value is -1.55. The predicted octanol–water partition coefficient (Wildman–Crippen LogP) is 2.25. The number of para-hydroxylation sites is 1. The largest absolute Gasteiger partial charge is 0.335 e. The lowest BCUT2D eigenvalue weighted by atomic mass is 9.81. The topological polar surface area (TPSA) is 45.6 Å². The number of piperidine rings is 2. The number of benzene rings is 1. The zero-order valence-electron chi connectivity index (χ0n) is 14.0. The first kappa shape index (κ1) is 15.0. The quantitative estimate of drug-likeness (QED) is 0.787. The molecule has 3 N–H and O–H groups in total. The molecular weight excluding hydrogens is 286 g/mol. The molecule has 1 aromatic carbocycles. The van der Waals surface area contributed by atoms with Gasteiger partial charge < -0.3 is 15.5 Å².